The Labute approximate surface area is 128 Å². The van der Waals surface area contributed by atoms with Crippen molar-refractivity contribution in [1.82, 2.24) is 19.7 Å². The monoisotopic (exact) mass is 298 g/mol. The highest BCUT2D eigenvalue weighted by molar-refractivity contribution is 5.80. The summed E-state index contributed by atoms with van der Waals surface area (Å²) in [5, 5.41) is 9.29. The van der Waals surface area contributed by atoms with Crippen LogP contribution in [0.1, 0.15) is 17.5 Å². The van der Waals surface area contributed by atoms with Gasteiger partial charge < -0.3 is 13.7 Å². The minimum atomic E-state index is -0.0283. The molecule has 4 rings (SSSR count). The summed E-state index contributed by atoms with van der Waals surface area (Å²) < 4.78 is 13.4. The zero-order chi connectivity index (χ0) is 14.9. The van der Waals surface area contributed by atoms with Crippen molar-refractivity contribution in [3.63, 3.8) is 0 Å². The largest absolute Gasteiger partial charge is 0.464 e. The van der Waals surface area contributed by atoms with E-state index >= 15 is 0 Å². The predicted octanol–water partition coefficient (Wildman–Crippen LogP) is 2.13. The lowest BCUT2D eigenvalue weighted by molar-refractivity contribution is -0.0385. The van der Waals surface area contributed by atoms with Crippen LogP contribution in [0.15, 0.2) is 41.3 Å². The quantitative estimate of drug-likeness (QED) is 0.741. The smallest absolute Gasteiger partial charge is 0.163 e. The third-order valence-corrected chi connectivity index (χ3v) is 4.14. The van der Waals surface area contributed by atoms with Gasteiger partial charge in [-0.1, -0.05) is 18.2 Å². The first-order valence-corrected chi connectivity index (χ1v) is 7.44. The van der Waals surface area contributed by atoms with Gasteiger partial charge in [0, 0.05) is 37.6 Å². The van der Waals surface area contributed by atoms with Crippen molar-refractivity contribution in [3.05, 3.63) is 48.2 Å². The Morgan fingerprint density at radius 2 is 2.23 bits per heavy atom. The molecule has 0 bridgehead atoms. The van der Waals surface area contributed by atoms with E-state index in [1.165, 1.54) is 10.9 Å². The Kier molecular flexibility index (Phi) is 3.40. The van der Waals surface area contributed by atoms with Crippen molar-refractivity contribution in [1.29, 1.82) is 0 Å². The van der Waals surface area contributed by atoms with Crippen molar-refractivity contribution >= 4 is 11.0 Å². The molecule has 0 amide bonds. The van der Waals surface area contributed by atoms with Gasteiger partial charge in [0.05, 0.1) is 12.9 Å². The van der Waals surface area contributed by atoms with E-state index in [4.69, 9.17) is 9.15 Å². The molecule has 1 atom stereocenters. The van der Waals surface area contributed by atoms with Crippen LogP contribution in [0.25, 0.3) is 11.0 Å². The Morgan fingerprint density at radius 3 is 3.09 bits per heavy atom. The van der Waals surface area contributed by atoms with Crippen LogP contribution in [-0.4, -0.2) is 39.4 Å². The maximum absolute atomic E-state index is 5.85. The first-order valence-electron chi connectivity index (χ1n) is 7.44. The Morgan fingerprint density at radius 1 is 1.32 bits per heavy atom. The third-order valence-electron chi connectivity index (χ3n) is 4.14. The minimum absolute atomic E-state index is 0.0283. The molecule has 2 aromatic heterocycles. The van der Waals surface area contributed by atoms with Crippen molar-refractivity contribution in [2.24, 2.45) is 7.05 Å². The standard InChI is InChI=1S/C16H18N4O2/c1-19-11-17-18-16(19)15-9-20(6-7-21-15)8-12-10-22-14-5-3-2-4-13(12)14/h2-5,10-11,15H,6-9H2,1H3. The lowest BCUT2D eigenvalue weighted by atomic mass is 10.1. The maximum atomic E-state index is 5.85. The van der Waals surface area contributed by atoms with E-state index in [9.17, 15) is 0 Å². The molecule has 0 saturated carbocycles. The molecule has 0 aliphatic carbocycles. The first kappa shape index (κ1) is 13.5. The van der Waals surface area contributed by atoms with Crippen LogP contribution in [-0.2, 0) is 18.3 Å². The number of rotatable bonds is 3. The number of hydrogen-bond donors (Lipinski definition) is 0. The van der Waals surface area contributed by atoms with E-state index < -0.39 is 0 Å². The van der Waals surface area contributed by atoms with E-state index in [-0.39, 0.29) is 6.10 Å². The Balaban J connectivity index is 1.52. The molecule has 1 fully saturated rings. The molecule has 1 aromatic carbocycles. The molecule has 22 heavy (non-hydrogen) atoms. The number of para-hydroxylation sites is 1. The Hall–Kier alpha value is -2.18. The lowest BCUT2D eigenvalue weighted by Gasteiger charge is -2.32. The number of fused-ring (bicyclic) bond motifs is 1. The normalized spacial score (nSPS) is 19.8. The van der Waals surface area contributed by atoms with Gasteiger partial charge >= 0.3 is 0 Å². The molecule has 0 N–H and O–H groups in total. The molecule has 114 valence electrons. The number of benzene rings is 1. The molecule has 3 aromatic rings. The molecule has 6 heteroatoms. The summed E-state index contributed by atoms with van der Waals surface area (Å²) >= 11 is 0. The molecule has 0 spiro atoms. The summed E-state index contributed by atoms with van der Waals surface area (Å²) in [5.74, 6) is 0.877. The molecule has 3 heterocycles. The van der Waals surface area contributed by atoms with Gasteiger partial charge in [0.15, 0.2) is 5.82 Å². The summed E-state index contributed by atoms with van der Waals surface area (Å²) in [6, 6.07) is 8.15. The number of nitrogens with zero attached hydrogens (tertiary/aromatic N) is 4. The fourth-order valence-electron chi connectivity index (χ4n) is 2.98. The average Bonchev–Trinajstić information content (AvgIpc) is 3.15. The van der Waals surface area contributed by atoms with Crippen molar-refractivity contribution in [2.45, 2.75) is 12.6 Å². The highest BCUT2D eigenvalue weighted by atomic mass is 16.5. The van der Waals surface area contributed by atoms with Crippen LogP contribution in [0.4, 0.5) is 0 Å². The second-order valence-corrected chi connectivity index (χ2v) is 5.65. The number of morpholine rings is 1. The molecular formula is C16H18N4O2. The van der Waals surface area contributed by atoms with Crippen molar-refractivity contribution < 1.29 is 9.15 Å². The number of furan rings is 1. The van der Waals surface area contributed by atoms with Crippen LogP contribution in [0.2, 0.25) is 0 Å². The fourth-order valence-corrected chi connectivity index (χ4v) is 2.98. The second-order valence-electron chi connectivity index (χ2n) is 5.65. The van der Waals surface area contributed by atoms with Gasteiger partial charge in [-0.15, -0.1) is 10.2 Å². The van der Waals surface area contributed by atoms with Crippen LogP contribution in [0, 0.1) is 0 Å². The zero-order valence-corrected chi connectivity index (χ0v) is 12.5. The molecule has 1 saturated heterocycles. The van der Waals surface area contributed by atoms with E-state index in [1.807, 2.05) is 36.1 Å². The summed E-state index contributed by atoms with van der Waals surface area (Å²) in [7, 11) is 1.95. The summed E-state index contributed by atoms with van der Waals surface area (Å²) in [6.07, 6.45) is 3.54. The van der Waals surface area contributed by atoms with Gasteiger partial charge in [0.25, 0.3) is 0 Å². The van der Waals surface area contributed by atoms with Gasteiger partial charge in [-0.25, -0.2) is 0 Å². The second kappa shape index (κ2) is 5.55. The molecule has 0 radical (unpaired) electrons. The predicted molar refractivity (Wildman–Crippen MR) is 81.2 cm³/mol. The Bertz CT molecular complexity index is 779. The zero-order valence-electron chi connectivity index (χ0n) is 12.5. The van der Waals surface area contributed by atoms with Crippen LogP contribution >= 0.6 is 0 Å². The van der Waals surface area contributed by atoms with Crippen molar-refractivity contribution in [2.75, 3.05) is 19.7 Å². The van der Waals surface area contributed by atoms with Gasteiger partial charge in [-0.05, 0) is 6.07 Å². The number of ether oxygens (including phenoxy) is 1. The highest BCUT2D eigenvalue weighted by Gasteiger charge is 2.26. The summed E-state index contributed by atoms with van der Waals surface area (Å²) in [5.41, 5.74) is 2.16. The SMILES string of the molecule is Cn1cnnc1C1CN(Cc2coc3ccccc23)CCO1. The maximum Gasteiger partial charge on any atom is 0.163 e. The van der Waals surface area contributed by atoms with E-state index in [1.54, 1.807) is 6.33 Å². The topological polar surface area (TPSA) is 56.3 Å². The minimum Gasteiger partial charge on any atom is -0.464 e. The van der Waals surface area contributed by atoms with Crippen molar-refractivity contribution in [3.8, 4) is 0 Å². The fraction of sp³-hybridized carbons (Fsp3) is 0.375. The molecule has 1 aliphatic heterocycles. The lowest BCUT2D eigenvalue weighted by Crippen LogP contribution is -2.38. The van der Waals surface area contributed by atoms with Gasteiger partial charge in [-0.2, -0.15) is 0 Å². The molecular weight excluding hydrogens is 280 g/mol. The highest BCUT2D eigenvalue weighted by Crippen LogP contribution is 2.25. The van der Waals surface area contributed by atoms with E-state index in [0.29, 0.717) is 6.61 Å². The molecule has 6 nitrogen and oxygen atoms in total. The van der Waals surface area contributed by atoms with E-state index in [0.717, 1.165) is 31.0 Å². The number of hydrogen-bond acceptors (Lipinski definition) is 5. The van der Waals surface area contributed by atoms with Crippen LogP contribution < -0.4 is 0 Å². The summed E-state index contributed by atoms with van der Waals surface area (Å²) in [6.45, 7) is 3.28. The average molecular weight is 298 g/mol. The van der Waals surface area contributed by atoms with Crippen LogP contribution in [0.3, 0.4) is 0 Å². The van der Waals surface area contributed by atoms with E-state index in [2.05, 4.69) is 21.2 Å². The molecule has 1 aliphatic rings. The number of aryl methyl sites for hydroxylation is 1. The third kappa shape index (κ3) is 2.40. The van der Waals surface area contributed by atoms with Gasteiger partial charge in [0.1, 0.15) is 18.0 Å². The molecule has 1 unspecified atom stereocenters. The van der Waals surface area contributed by atoms with Crippen LogP contribution in [0.5, 0.6) is 0 Å². The summed E-state index contributed by atoms with van der Waals surface area (Å²) in [4.78, 5) is 2.38. The van der Waals surface area contributed by atoms with Gasteiger partial charge in [-0.3, -0.25) is 4.90 Å². The number of aromatic nitrogens is 3. The van der Waals surface area contributed by atoms with Gasteiger partial charge in [0.2, 0.25) is 0 Å². The first-order chi connectivity index (χ1) is 10.8.